The highest BCUT2D eigenvalue weighted by molar-refractivity contribution is 6.30. The van der Waals surface area contributed by atoms with Crippen molar-refractivity contribution in [2.24, 2.45) is 5.73 Å². The molecule has 0 unspecified atom stereocenters. The smallest absolute Gasteiger partial charge is 0.357 e. The Bertz CT molecular complexity index is 747. The van der Waals surface area contributed by atoms with Gasteiger partial charge in [0.25, 0.3) is 5.91 Å². The number of hydrogen-bond donors (Lipinski definition) is 2. The van der Waals surface area contributed by atoms with Gasteiger partial charge in [-0.15, -0.1) is 0 Å². The van der Waals surface area contributed by atoms with Crippen molar-refractivity contribution in [3.8, 4) is 0 Å². The number of nitrogens with zero attached hydrogens (tertiary/aromatic N) is 1. The summed E-state index contributed by atoms with van der Waals surface area (Å²) >= 11 is 5.73. The summed E-state index contributed by atoms with van der Waals surface area (Å²) in [4.78, 5) is 38.1. The number of halogens is 1. The fraction of sp³-hybridized carbons (Fsp3) is 0.0667. The summed E-state index contributed by atoms with van der Waals surface area (Å²) in [5.41, 5.74) is 5.89. The summed E-state index contributed by atoms with van der Waals surface area (Å²) in [6, 6.07) is 8.82. The van der Waals surface area contributed by atoms with Crippen LogP contribution in [0.2, 0.25) is 5.02 Å². The van der Waals surface area contributed by atoms with Crippen LogP contribution in [0.25, 0.3) is 0 Å². The van der Waals surface area contributed by atoms with Gasteiger partial charge in [0.1, 0.15) is 5.69 Å². The van der Waals surface area contributed by atoms with Crippen LogP contribution in [0.3, 0.4) is 0 Å². The summed E-state index contributed by atoms with van der Waals surface area (Å²) in [7, 11) is 0. The number of anilines is 1. The van der Waals surface area contributed by atoms with Gasteiger partial charge in [-0.3, -0.25) is 9.59 Å². The zero-order valence-electron chi connectivity index (χ0n) is 11.8. The summed E-state index contributed by atoms with van der Waals surface area (Å²) in [6.45, 7) is -0.482. The van der Waals surface area contributed by atoms with E-state index in [0.717, 1.165) is 0 Å². The van der Waals surface area contributed by atoms with Gasteiger partial charge in [-0.1, -0.05) is 11.6 Å². The molecule has 0 saturated heterocycles. The Balaban J connectivity index is 1.87. The first kappa shape index (κ1) is 16.4. The number of nitrogens with one attached hydrogen (secondary N) is 1. The van der Waals surface area contributed by atoms with Gasteiger partial charge in [0.2, 0.25) is 5.91 Å². The van der Waals surface area contributed by atoms with E-state index in [0.29, 0.717) is 16.3 Å². The number of carbonyl (C=O) groups is 3. The topological polar surface area (TPSA) is 111 Å². The van der Waals surface area contributed by atoms with Gasteiger partial charge in [-0.25, -0.2) is 9.78 Å². The first-order valence-electron chi connectivity index (χ1n) is 6.44. The first-order valence-corrected chi connectivity index (χ1v) is 6.82. The van der Waals surface area contributed by atoms with Crippen LogP contribution in [0.15, 0.2) is 42.6 Å². The van der Waals surface area contributed by atoms with E-state index in [1.54, 1.807) is 0 Å². The van der Waals surface area contributed by atoms with Gasteiger partial charge >= 0.3 is 5.97 Å². The second-order valence-corrected chi connectivity index (χ2v) is 4.86. The lowest BCUT2D eigenvalue weighted by Gasteiger charge is -2.07. The number of aromatic nitrogens is 1. The van der Waals surface area contributed by atoms with Crippen LogP contribution in [-0.4, -0.2) is 29.4 Å². The third kappa shape index (κ3) is 4.79. The average Bonchev–Trinajstić information content (AvgIpc) is 2.53. The van der Waals surface area contributed by atoms with Crippen molar-refractivity contribution in [1.29, 1.82) is 0 Å². The SMILES string of the molecule is NC(=O)c1ccc(NC(=O)COC(=O)c2cc(Cl)ccn2)cc1. The Morgan fingerprint density at radius 2 is 1.87 bits per heavy atom. The molecule has 3 N–H and O–H groups in total. The van der Waals surface area contributed by atoms with E-state index in [1.165, 1.54) is 42.6 Å². The summed E-state index contributed by atoms with van der Waals surface area (Å²) in [5.74, 6) is -1.86. The second-order valence-electron chi connectivity index (χ2n) is 4.43. The highest BCUT2D eigenvalue weighted by Gasteiger charge is 2.12. The van der Waals surface area contributed by atoms with Crippen molar-refractivity contribution < 1.29 is 19.1 Å². The van der Waals surface area contributed by atoms with Crippen LogP contribution in [0.1, 0.15) is 20.8 Å². The molecule has 2 rings (SSSR count). The first-order chi connectivity index (χ1) is 11.0. The number of nitrogens with two attached hydrogens (primary N) is 1. The number of hydrogen-bond acceptors (Lipinski definition) is 5. The molecule has 0 saturated carbocycles. The Morgan fingerprint density at radius 3 is 2.48 bits per heavy atom. The highest BCUT2D eigenvalue weighted by Crippen LogP contribution is 2.10. The Morgan fingerprint density at radius 1 is 1.17 bits per heavy atom. The number of ether oxygens (including phenoxy) is 1. The number of carbonyl (C=O) groups excluding carboxylic acids is 3. The molecule has 7 nitrogen and oxygen atoms in total. The Kier molecular flexibility index (Phi) is 5.27. The third-order valence-corrected chi connectivity index (χ3v) is 2.95. The zero-order valence-corrected chi connectivity index (χ0v) is 12.5. The maximum Gasteiger partial charge on any atom is 0.357 e. The van der Waals surface area contributed by atoms with Crippen molar-refractivity contribution in [3.63, 3.8) is 0 Å². The molecule has 0 aliphatic carbocycles. The molecule has 8 heteroatoms. The number of primary amides is 1. The molecule has 0 fully saturated rings. The van der Waals surface area contributed by atoms with Crippen molar-refractivity contribution in [2.75, 3.05) is 11.9 Å². The van der Waals surface area contributed by atoms with E-state index in [2.05, 4.69) is 10.3 Å². The monoisotopic (exact) mass is 333 g/mol. The van der Waals surface area contributed by atoms with Gasteiger partial charge < -0.3 is 15.8 Å². The lowest BCUT2D eigenvalue weighted by molar-refractivity contribution is -0.119. The van der Waals surface area contributed by atoms with E-state index >= 15 is 0 Å². The number of esters is 1. The number of benzene rings is 1. The van der Waals surface area contributed by atoms with Crippen LogP contribution >= 0.6 is 11.6 Å². The van der Waals surface area contributed by atoms with E-state index in [1.807, 2.05) is 0 Å². The fourth-order valence-electron chi connectivity index (χ4n) is 1.64. The van der Waals surface area contributed by atoms with Crippen molar-refractivity contribution in [2.45, 2.75) is 0 Å². The Labute approximate surface area is 136 Å². The molecule has 0 bridgehead atoms. The molecule has 0 spiro atoms. The van der Waals surface area contributed by atoms with E-state index in [4.69, 9.17) is 22.1 Å². The largest absolute Gasteiger partial charge is 0.451 e. The van der Waals surface area contributed by atoms with Crippen molar-refractivity contribution in [3.05, 3.63) is 58.9 Å². The molecule has 0 atom stereocenters. The van der Waals surface area contributed by atoms with Gasteiger partial charge in [0, 0.05) is 22.5 Å². The fourth-order valence-corrected chi connectivity index (χ4v) is 1.80. The van der Waals surface area contributed by atoms with Gasteiger partial charge in [0.05, 0.1) is 0 Å². The van der Waals surface area contributed by atoms with Crippen LogP contribution in [0.5, 0.6) is 0 Å². The van der Waals surface area contributed by atoms with E-state index in [9.17, 15) is 14.4 Å². The van der Waals surface area contributed by atoms with E-state index < -0.39 is 24.4 Å². The molecule has 1 aromatic heterocycles. The van der Waals surface area contributed by atoms with Crippen LogP contribution in [0.4, 0.5) is 5.69 Å². The zero-order chi connectivity index (χ0) is 16.8. The molecule has 1 aromatic carbocycles. The maximum atomic E-state index is 11.7. The van der Waals surface area contributed by atoms with Crippen molar-refractivity contribution >= 4 is 35.1 Å². The van der Waals surface area contributed by atoms with Crippen molar-refractivity contribution in [1.82, 2.24) is 4.98 Å². The molecule has 23 heavy (non-hydrogen) atoms. The molecular formula is C15H12ClN3O4. The number of pyridine rings is 1. The number of amides is 2. The highest BCUT2D eigenvalue weighted by atomic mass is 35.5. The molecule has 2 amide bonds. The molecule has 118 valence electrons. The lowest BCUT2D eigenvalue weighted by Crippen LogP contribution is -2.21. The molecule has 2 aromatic rings. The van der Waals surface area contributed by atoms with E-state index in [-0.39, 0.29) is 5.69 Å². The van der Waals surface area contributed by atoms with Crippen LogP contribution in [-0.2, 0) is 9.53 Å². The maximum absolute atomic E-state index is 11.7. The minimum atomic E-state index is -0.758. The summed E-state index contributed by atoms with van der Waals surface area (Å²) in [5, 5.41) is 2.85. The minimum Gasteiger partial charge on any atom is -0.451 e. The minimum absolute atomic E-state index is 0.0103. The molecule has 1 heterocycles. The van der Waals surface area contributed by atoms with Gasteiger partial charge in [-0.2, -0.15) is 0 Å². The lowest BCUT2D eigenvalue weighted by atomic mass is 10.2. The summed E-state index contributed by atoms with van der Waals surface area (Å²) in [6.07, 6.45) is 1.36. The second kappa shape index (κ2) is 7.37. The molecule has 0 radical (unpaired) electrons. The van der Waals surface area contributed by atoms with Gasteiger partial charge in [-0.05, 0) is 36.4 Å². The normalized spacial score (nSPS) is 9.96. The average molecular weight is 334 g/mol. The molecule has 0 aliphatic rings. The Hall–Kier alpha value is -2.93. The third-order valence-electron chi connectivity index (χ3n) is 2.72. The predicted molar refractivity (Wildman–Crippen MR) is 83.1 cm³/mol. The molecular weight excluding hydrogens is 322 g/mol. The van der Waals surface area contributed by atoms with Crippen LogP contribution < -0.4 is 11.1 Å². The van der Waals surface area contributed by atoms with Gasteiger partial charge in [0.15, 0.2) is 6.61 Å². The predicted octanol–water partition coefficient (Wildman–Crippen LogP) is 1.63. The standard InChI is InChI=1S/C15H12ClN3O4/c16-10-5-6-18-12(7-10)15(22)23-8-13(20)19-11-3-1-9(2-4-11)14(17)21/h1-7H,8H2,(H2,17,21)(H,19,20). The number of rotatable bonds is 5. The molecule has 0 aliphatic heterocycles. The van der Waals surface area contributed by atoms with Crippen LogP contribution in [0, 0.1) is 0 Å². The summed E-state index contributed by atoms with van der Waals surface area (Å²) < 4.78 is 4.83. The quantitative estimate of drug-likeness (QED) is 0.808.